The summed E-state index contributed by atoms with van der Waals surface area (Å²) in [4.78, 5) is 29.5. The monoisotopic (exact) mass is 1200 g/mol. The Morgan fingerprint density at radius 1 is 0.623 bits per heavy atom. The van der Waals surface area contributed by atoms with Crippen LogP contribution < -0.4 is 14.8 Å². The van der Waals surface area contributed by atoms with Crippen LogP contribution in [0, 0.1) is 0 Å². The number of hydrogen-bond acceptors (Lipinski definition) is 18. The molecule has 3 N–H and O–H groups in total. The van der Waals surface area contributed by atoms with Gasteiger partial charge in [0.2, 0.25) is 31.8 Å². The minimum absolute atomic E-state index is 0. The number of aliphatic hydroxyl groups excluding tert-OH is 2. The number of β-amino-alcohol motifs (C(OH)–C–C–N with tert-alkyl or cyclic N) is 1. The van der Waals surface area contributed by atoms with E-state index in [-0.39, 0.29) is 72.6 Å². The highest BCUT2D eigenvalue weighted by molar-refractivity contribution is 9.09. The number of hydrogen-bond donors (Lipinski definition) is 3. The van der Waals surface area contributed by atoms with Crippen LogP contribution in [0.25, 0.3) is 44.6 Å². The fourth-order valence-electron chi connectivity index (χ4n) is 9.55. The Hall–Kier alpha value is -4.22. The molecule has 0 radical (unpaired) electrons. The summed E-state index contributed by atoms with van der Waals surface area (Å²) in [5.41, 5.74) is 8.56. The number of aliphatic hydroxyl groups is 2. The van der Waals surface area contributed by atoms with Crippen molar-refractivity contribution in [1.82, 2.24) is 48.7 Å². The summed E-state index contributed by atoms with van der Waals surface area (Å²) in [5.74, 6) is 1.82. The van der Waals surface area contributed by atoms with Gasteiger partial charge in [-0.2, -0.15) is 35.6 Å². The number of fused-ring (bicyclic) bond motifs is 2. The van der Waals surface area contributed by atoms with Crippen molar-refractivity contribution < 1.29 is 46.0 Å². The summed E-state index contributed by atoms with van der Waals surface area (Å²) >= 11 is 3.00. The smallest absolute Gasteiger partial charge is 0.242 e. The number of nitrogens with zero attached hydrogens (tertiary/aromatic N) is 9. The zero-order valence-corrected chi connectivity index (χ0v) is 48.6. The van der Waals surface area contributed by atoms with E-state index in [0.717, 1.165) is 80.9 Å². The first-order chi connectivity index (χ1) is 36.3. The molecule has 0 amide bonds. The molecular weight excluding hydrogens is 1130 g/mol. The van der Waals surface area contributed by atoms with Crippen LogP contribution in [-0.2, 0) is 29.5 Å². The Balaban J connectivity index is 0.000000228. The van der Waals surface area contributed by atoms with Gasteiger partial charge in [-0.1, -0.05) is 64.5 Å². The predicted molar refractivity (Wildman–Crippen MR) is 311 cm³/mol. The van der Waals surface area contributed by atoms with Gasteiger partial charge in [0.25, 0.3) is 0 Å². The fraction of sp³-hybridized carbons (Fsp3) is 0.500. The van der Waals surface area contributed by atoms with Crippen LogP contribution in [0.15, 0.2) is 85.5 Å². The lowest BCUT2D eigenvalue weighted by molar-refractivity contribution is -0.0252. The number of ether oxygens (including phenoxy) is 4. The van der Waals surface area contributed by atoms with Crippen molar-refractivity contribution in [2.45, 2.75) is 49.7 Å². The lowest BCUT2D eigenvalue weighted by atomic mass is 9.89. The van der Waals surface area contributed by atoms with Gasteiger partial charge >= 0.3 is 0 Å². The van der Waals surface area contributed by atoms with Gasteiger partial charge in [-0.25, -0.2) is 36.8 Å². The van der Waals surface area contributed by atoms with Crippen LogP contribution in [0.2, 0.25) is 0 Å². The van der Waals surface area contributed by atoms with Gasteiger partial charge in [-0.15, -0.1) is 0 Å². The lowest BCUT2D eigenvalue weighted by Crippen LogP contribution is -2.47. The molecule has 4 aromatic heterocycles. The minimum Gasteiger partial charge on any atom is -0.473 e. The number of piperidine rings is 2. The van der Waals surface area contributed by atoms with Crippen molar-refractivity contribution in [3.05, 3.63) is 96.6 Å². The van der Waals surface area contributed by atoms with Gasteiger partial charge in [0, 0.05) is 74.0 Å². The van der Waals surface area contributed by atoms with E-state index in [1.807, 2.05) is 12.1 Å². The van der Waals surface area contributed by atoms with Gasteiger partial charge in [0.1, 0.15) is 25.4 Å². The maximum atomic E-state index is 11.9. The maximum absolute atomic E-state index is 11.9. The van der Waals surface area contributed by atoms with Crippen molar-refractivity contribution in [1.29, 1.82) is 0 Å². The quantitative estimate of drug-likeness (QED) is 0.118. The molecule has 0 saturated carbocycles. The van der Waals surface area contributed by atoms with E-state index in [1.165, 1.54) is 32.2 Å². The first kappa shape index (κ1) is 62.0. The third-order valence-electron chi connectivity index (χ3n) is 13.6. The molecular formula is C52H71BrN10O10S4. The highest BCUT2D eigenvalue weighted by Gasteiger charge is 2.29. The molecule has 2 atom stereocenters. The van der Waals surface area contributed by atoms with Crippen LogP contribution in [-0.4, -0.2) is 199 Å². The van der Waals surface area contributed by atoms with E-state index in [4.69, 9.17) is 34.0 Å². The standard InChI is InChI=1S/C26H33N5O5S.C24H29N5O4S.C2H5BrO.2H2S/c1-37(33,34)31-13-15-35-22(17-31)18-36-26-25-24(27-8-9-28-25)16-23(29-26)21-4-2-19(3-5-21)20-6-10-30(11-7-20)12-14-32;1-34(30,31)29-12-13-32-20(15-29)16-33-24-23-22(26-10-11-27-23)14-21(28-24)19-4-2-17(3-5-19)18-6-8-25-9-7-18;3-1-2-4;;/h2-5,8-9,16,20,22,32H,6-7,10-15,17-18H2,1H3;2-5,10-11,14,18,20,25H,6-9,12-13,15-16H2,1H3;4H,1-2H2;2*1H2/t22-;20-;;;/m00.../s1. The minimum atomic E-state index is -3.29. The van der Waals surface area contributed by atoms with Gasteiger partial charge in [0.15, 0.2) is 11.0 Å². The maximum Gasteiger partial charge on any atom is 0.242 e. The van der Waals surface area contributed by atoms with E-state index < -0.39 is 26.2 Å². The molecule has 20 nitrogen and oxygen atoms in total. The molecule has 420 valence electrons. The molecule has 0 unspecified atom stereocenters. The largest absolute Gasteiger partial charge is 0.473 e. The Bertz CT molecular complexity index is 3020. The normalized spacial score (nSPS) is 19.2. The lowest BCUT2D eigenvalue weighted by Gasteiger charge is -2.31. The second-order valence-corrected chi connectivity index (χ2v) is 23.6. The van der Waals surface area contributed by atoms with Crippen LogP contribution in [0.4, 0.5) is 0 Å². The fourth-order valence-corrected chi connectivity index (χ4v) is 11.2. The van der Waals surface area contributed by atoms with Crippen molar-refractivity contribution >= 4 is 85.0 Å². The number of nitrogens with one attached hydrogen (secondary N) is 1. The third kappa shape index (κ3) is 17.4. The first-order valence-corrected chi connectivity index (χ1v) is 30.2. The van der Waals surface area contributed by atoms with Gasteiger partial charge in [-0.05, 0) is 87.0 Å². The van der Waals surface area contributed by atoms with E-state index in [9.17, 15) is 21.9 Å². The SMILES string of the molecule is CS(=O)(=O)N1CCO[C@H](COc2nc(-c3ccc(C4CCN(CCO)CC4)cc3)cc3nccnc23)C1.CS(=O)(=O)N1CCO[C@H](COc2nc(-c3ccc(C4CCNCC4)cc3)cc3nccnc23)C1.OCCBr.S.S. The molecule has 2 aromatic carbocycles. The molecule has 77 heavy (non-hydrogen) atoms. The van der Waals surface area contributed by atoms with Crippen LogP contribution in [0.3, 0.4) is 0 Å². The molecule has 4 aliphatic rings. The number of alkyl halides is 1. The summed E-state index contributed by atoms with van der Waals surface area (Å²) in [6, 6.07) is 20.9. The number of morpholine rings is 2. The summed E-state index contributed by atoms with van der Waals surface area (Å²) in [6.45, 7) is 7.48. The van der Waals surface area contributed by atoms with Gasteiger partial charge in [0.05, 0.1) is 61.4 Å². The summed E-state index contributed by atoms with van der Waals surface area (Å²) in [6.07, 6.45) is 12.6. The van der Waals surface area contributed by atoms with E-state index in [2.05, 4.69) is 94.6 Å². The van der Waals surface area contributed by atoms with E-state index in [1.54, 1.807) is 24.8 Å². The highest BCUT2D eigenvalue weighted by atomic mass is 79.9. The first-order valence-electron chi connectivity index (χ1n) is 25.3. The van der Waals surface area contributed by atoms with Gasteiger partial charge in [-0.3, -0.25) is 9.97 Å². The summed E-state index contributed by atoms with van der Waals surface area (Å²) in [7, 11) is -6.56. The number of pyridine rings is 2. The molecule has 0 aliphatic carbocycles. The molecule has 6 aromatic rings. The second-order valence-electron chi connectivity index (χ2n) is 18.8. The number of halogens is 1. The van der Waals surface area contributed by atoms with E-state index in [0.29, 0.717) is 77.3 Å². The molecule has 4 aliphatic heterocycles. The summed E-state index contributed by atoms with van der Waals surface area (Å²) < 4.78 is 74.0. The van der Waals surface area contributed by atoms with Crippen LogP contribution >= 0.6 is 42.9 Å². The van der Waals surface area contributed by atoms with Crippen molar-refractivity contribution in [3.63, 3.8) is 0 Å². The zero-order valence-electron chi connectivity index (χ0n) is 43.4. The molecule has 8 heterocycles. The Morgan fingerprint density at radius 3 is 1.44 bits per heavy atom. The predicted octanol–water partition coefficient (Wildman–Crippen LogP) is 4.70. The molecule has 10 rings (SSSR count). The molecule has 4 fully saturated rings. The summed E-state index contributed by atoms with van der Waals surface area (Å²) in [5, 5.41) is 21.1. The average molecular weight is 1200 g/mol. The highest BCUT2D eigenvalue weighted by Crippen LogP contribution is 2.33. The molecule has 25 heteroatoms. The molecule has 4 saturated heterocycles. The van der Waals surface area contributed by atoms with Crippen molar-refractivity contribution in [3.8, 4) is 34.3 Å². The number of benzene rings is 2. The average Bonchev–Trinajstić information content (AvgIpc) is 3.44. The van der Waals surface area contributed by atoms with Crippen molar-refractivity contribution in [2.24, 2.45) is 0 Å². The molecule has 0 bridgehead atoms. The van der Waals surface area contributed by atoms with E-state index >= 15 is 0 Å². The topological polar surface area (TPSA) is 245 Å². The van der Waals surface area contributed by atoms with Crippen LogP contribution in [0.1, 0.15) is 48.6 Å². The third-order valence-corrected chi connectivity index (χ3v) is 16.5. The number of rotatable bonds is 15. The van der Waals surface area contributed by atoms with Crippen LogP contribution in [0.5, 0.6) is 11.8 Å². The Morgan fingerprint density at radius 2 is 1.04 bits per heavy atom. The Kier molecular flexibility index (Phi) is 24.0. The number of likely N-dealkylation sites (tertiary alicyclic amines) is 1. The van der Waals surface area contributed by atoms with Gasteiger partial charge < -0.3 is 39.4 Å². The molecule has 0 spiro atoms. The van der Waals surface area contributed by atoms with Crippen molar-refractivity contribution in [2.75, 3.05) is 116 Å². The zero-order chi connectivity index (χ0) is 52.8. The Labute approximate surface area is 473 Å². The second kappa shape index (κ2) is 29.8. The number of aromatic nitrogens is 6. The number of sulfonamides is 2.